The maximum absolute atomic E-state index is 9.76. The van der Waals surface area contributed by atoms with Gasteiger partial charge in [-0.15, -0.1) is 0 Å². The first-order chi connectivity index (χ1) is 11.3. The van der Waals surface area contributed by atoms with Crippen molar-refractivity contribution < 1.29 is 65.3 Å². The molecule has 25 heavy (non-hydrogen) atoms. The molecule has 6 nitrogen and oxygen atoms in total. The van der Waals surface area contributed by atoms with E-state index < -0.39 is 17.9 Å². The van der Waals surface area contributed by atoms with Gasteiger partial charge in [-0.05, 0) is 38.5 Å². The van der Waals surface area contributed by atoms with Crippen LogP contribution in [0, 0.1) is 35.6 Å². The summed E-state index contributed by atoms with van der Waals surface area (Å²) in [5.74, 6) is -2.80. The Hall–Kier alpha value is -0.395. The molecule has 0 amide bonds. The van der Waals surface area contributed by atoms with Crippen molar-refractivity contribution in [2.75, 3.05) is 0 Å². The quantitative estimate of drug-likeness (QED) is 0.381. The van der Waals surface area contributed by atoms with E-state index >= 15 is 0 Å². The van der Waals surface area contributed by atoms with E-state index in [1.807, 2.05) is 20.8 Å². The van der Waals surface area contributed by atoms with Crippen molar-refractivity contribution in [2.24, 2.45) is 0 Å². The molecule has 0 aliphatic heterocycles. The van der Waals surface area contributed by atoms with Crippen molar-refractivity contribution in [3.05, 3.63) is 0 Å². The molecule has 0 saturated carbocycles. The number of carbonyl (C=O) groups excluding carboxylic acids is 3. The second kappa shape index (κ2) is 28.4. The van der Waals surface area contributed by atoms with Crippen LogP contribution >= 0.6 is 0 Å². The van der Waals surface area contributed by atoms with Gasteiger partial charge >= 0.3 is 35.6 Å². The van der Waals surface area contributed by atoms with Gasteiger partial charge in [0.05, 0.1) is 0 Å². The number of hydrogen-bond donors (Lipinski definition) is 0. The molecule has 0 aromatic carbocycles. The number of rotatable bonds is 12. The van der Waals surface area contributed by atoms with Crippen LogP contribution in [0.25, 0.3) is 0 Å². The standard InChI is InChI=1S/3C6H12O2.La/c3*1-2-3-4-5-6(7)8;/h3*2-5H2,1H3,(H,7,8);/q;;;+3/p-3. The summed E-state index contributed by atoms with van der Waals surface area (Å²) < 4.78 is 0. The predicted molar refractivity (Wildman–Crippen MR) is 87.4 cm³/mol. The summed E-state index contributed by atoms with van der Waals surface area (Å²) in [6.07, 6.45) is 9.11. The molecule has 0 saturated heterocycles. The van der Waals surface area contributed by atoms with Crippen LogP contribution in [0.3, 0.4) is 0 Å². The molecule has 0 bridgehead atoms. The number of unbranched alkanes of at least 4 members (excludes halogenated alkanes) is 6. The van der Waals surface area contributed by atoms with Gasteiger partial charge in [-0.1, -0.05) is 59.3 Å². The smallest absolute Gasteiger partial charge is 0.550 e. The molecule has 0 spiro atoms. The van der Waals surface area contributed by atoms with Crippen LogP contribution in [0.2, 0.25) is 0 Å². The minimum Gasteiger partial charge on any atom is -0.550 e. The van der Waals surface area contributed by atoms with Crippen molar-refractivity contribution in [3.8, 4) is 0 Å². The summed E-state index contributed by atoms with van der Waals surface area (Å²) >= 11 is 0. The Morgan fingerprint density at radius 3 is 0.840 bits per heavy atom. The number of hydrogen-bond acceptors (Lipinski definition) is 6. The Balaban J connectivity index is -0.000000130. The van der Waals surface area contributed by atoms with Crippen LogP contribution in [0.15, 0.2) is 0 Å². The Morgan fingerprint density at radius 1 is 0.520 bits per heavy atom. The largest absolute Gasteiger partial charge is 3.00 e. The van der Waals surface area contributed by atoms with E-state index in [2.05, 4.69) is 0 Å². The Kier molecular flexibility index (Phi) is 36.7. The molecule has 0 aliphatic carbocycles. The third kappa shape index (κ3) is 51.7. The van der Waals surface area contributed by atoms with Crippen molar-refractivity contribution in [2.45, 2.75) is 97.8 Å². The van der Waals surface area contributed by atoms with E-state index in [1.54, 1.807) is 0 Å². The molecule has 0 radical (unpaired) electrons. The van der Waals surface area contributed by atoms with Crippen LogP contribution in [-0.4, -0.2) is 17.9 Å². The number of carboxylic acid groups (broad SMARTS) is 3. The van der Waals surface area contributed by atoms with Gasteiger partial charge in [-0.3, -0.25) is 0 Å². The zero-order chi connectivity index (χ0) is 19.2. The first-order valence-corrected chi connectivity index (χ1v) is 8.91. The third-order valence-corrected chi connectivity index (χ3v) is 2.95. The average molecular weight is 484 g/mol. The Morgan fingerprint density at radius 2 is 0.720 bits per heavy atom. The van der Waals surface area contributed by atoms with E-state index in [0.29, 0.717) is 0 Å². The molecule has 0 atom stereocenters. The van der Waals surface area contributed by atoms with Gasteiger partial charge in [0.25, 0.3) is 0 Å². The molecule has 0 heterocycles. The third-order valence-electron chi connectivity index (χ3n) is 2.95. The maximum atomic E-state index is 9.76. The summed E-state index contributed by atoms with van der Waals surface area (Å²) in [4.78, 5) is 29.3. The van der Waals surface area contributed by atoms with E-state index in [0.717, 1.165) is 57.8 Å². The monoisotopic (exact) mass is 484 g/mol. The minimum absolute atomic E-state index is 0. The molecule has 0 N–H and O–H groups in total. The van der Waals surface area contributed by atoms with E-state index in [9.17, 15) is 29.7 Å². The number of carboxylic acids is 3. The molecule has 144 valence electrons. The van der Waals surface area contributed by atoms with Gasteiger partial charge in [-0.25, -0.2) is 0 Å². The summed E-state index contributed by atoms with van der Waals surface area (Å²) in [6, 6.07) is 0. The van der Waals surface area contributed by atoms with Crippen molar-refractivity contribution in [3.63, 3.8) is 0 Å². The van der Waals surface area contributed by atoms with Gasteiger partial charge in [0.1, 0.15) is 0 Å². The van der Waals surface area contributed by atoms with Gasteiger partial charge < -0.3 is 29.7 Å². The molecule has 7 heteroatoms. The van der Waals surface area contributed by atoms with Gasteiger partial charge in [-0.2, -0.15) is 0 Å². The van der Waals surface area contributed by atoms with E-state index in [-0.39, 0.29) is 54.9 Å². The molecular formula is C18H33LaO6. The summed E-state index contributed by atoms with van der Waals surface area (Å²) in [6.45, 7) is 6.11. The Bertz CT molecular complexity index is 260. The molecule has 0 rings (SSSR count). The van der Waals surface area contributed by atoms with Gasteiger partial charge in [0, 0.05) is 17.9 Å². The van der Waals surface area contributed by atoms with Crippen LogP contribution in [0.5, 0.6) is 0 Å². The first-order valence-electron chi connectivity index (χ1n) is 8.91. The van der Waals surface area contributed by atoms with Crippen LogP contribution < -0.4 is 15.3 Å². The molecule has 0 fully saturated rings. The minimum atomic E-state index is -0.932. The normalized spacial score (nSPS) is 8.76. The predicted octanol–water partition coefficient (Wildman–Crippen LogP) is 0.950. The van der Waals surface area contributed by atoms with Crippen molar-refractivity contribution in [1.82, 2.24) is 0 Å². The van der Waals surface area contributed by atoms with E-state index in [4.69, 9.17) is 0 Å². The molecule has 0 aliphatic rings. The summed E-state index contributed by atoms with van der Waals surface area (Å²) in [5, 5.41) is 29.3. The zero-order valence-corrected chi connectivity index (χ0v) is 19.6. The van der Waals surface area contributed by atoms with Crippen LogP contribution in [0.1, 0.15) is 97.8 Å². The fourth-order valence-corrected chi connectivity index (χ4v) is 1.56. The maximum Gasteiger partial charge on any atom is 3.00 e. The fraction of sp³-hybridized carbons (Fsp3) is 0.833. The molecule has 0 aromatic rings. The van der Waals surface area contributed by atoms with Crippen molar-refractivity contribution >= 4 is 17.9 Å². The van der Waals surface area contributed by atoms with Gasteiger partial charge in [0.15, 0.2) is 0 Å². The number of aliphatic carboxylic acids is 3. The first kappa shape index (κ1) is 32.3. The second-order valence-corrected chi connectivity index (χ2v) is 5.49. The van der Waals surface area contributed by atoms with Gasteiger partial charge in [0.2, 0.25) is 0 Å². The fourth-order valence-electron chi connectivity index (χ4n) is 1.56. The van der Waals surface area contributed by atoms with Crippen LogP contribution in [0.4, 0.5) is 0 Å². The topological polar surface area (TPSA) is 120 Å². The van der Waals surface area contributed by atoms with E-state index in [1.165, 1.54) is 0 Å². The summed E-state index contributed by atoms with van der Waals surface area (Å²) in [7, 11) is 0. The molecule has 0 aromatic heterocycles. The van der Waals surface area contributed by atoms with Crippen molar-refractivity contribution in [1.29, 1.82) is 0 Å². The summed E-state index contributed by atoms with van der Waals surface area (Å²) in [5.41, 5.74) is 0. The molecular weight excluding hydrogens is 451 g/mol. The SMILES string of the molecule is CCCCCC(=O)[O-].CCCCCC(=O)[O-].CCCCCC(=O)[O-].[La+3]. The zero-order valence-electron chi connectivity index (χ0n) is 16.0. The Labute approximate surface area is 180 Å². The average Bonchev–Trinajstić information content (AvgIpc) is 2.48. The second-order valence-electron chi connectivity index (χ2n) is 5.49. The number of carbonyl (C=O) groups is 3. The molecule has 0 unspecified atom stereocenters. The van der Waals surface area contributed by atoms with Crippen LogP contribution in [-0.2, 0) is 14.4 Å².